The highest BCUT2D eigenvalue weighted by atomic mass is 79.9. The van der Waals surface area contributed by atoms with Gasteiger partial charge in [-0.1, -0.05) is 28.1 Å². The van der Waals surface area contributed by atoms with E-state index >= 15 is 0 Å². The van der Waals surface area contributed by atoms with Gasteiger partial charge in [0.1, 0.15) is 0 Å². The number of morpholine rings is 1. The van der Waals surface area contributed by atoms with Gasteiger partial charge < -0.3 is 9.84 Å². The molecule has 0 bridgehead atoms. The van der Waals surface area contributed by atoms with Gasteiger partial charge in [0.2, 0.25) is 0 Å². The number of hydrogen-bond acceptors (Lipinski definition) is 3. The number of hydrogen-bond donors (Lipinski definition) is 1. The molecule has 4 nitrogen and oxygen atoms in total. The maximum absolute atomic E-state index is 10.5. The highest BCUT2D eigenvalue weighted by Crippen LogP contribution is 2.24. The maximum Gasteiger partial charge on any atom is 0.303 e. The van der Waals surface area contributed by atoms with Crippen molar-refractivity contribution in [1.29, 1.82) is 0 Å². The normalized spacial score (nSPS) is 20.4. The summed E-state index contributed by atoms with van der Waals surface area (Å²) < 4.78 is 6.85. The minimum Gasteiger partial charge on any atom is -0.481 e. The summed E-state index contributed by atoms with van der Waals surface area (Å²) in [6.07, 6.45) is 1.01. The number of benzene rings is 1. The van der Waals surface area contributed by atoms with E-state index in [9.17, 15) is 4.79 Å². The average Bonchev–Trinajstić information content (AvgIpc) is 2.39. The molecule has 1 N–H and O–H groups in total. The minimum absolute atomic E-state index is 0.0797. The van der Waals surface area contributed by atoms with Crippen LogP contribution in [-0.4, -0.2) is 42.2 Å². The second-order valence-electron chi connectivity index (χ2n) is 4.71. The van der Waals surface area contributed by atoms with Gasteiger partial charge in [-0.3, -0.25) is 9.69 Å². The fourth-order valence-electron chi connectivity index (χ4n) is 2.27. The van der Waals surface area contributed by atoms with Crippen LogP contribution in [0.1, 0.15) is 24.5 Å². The van der Waals surface area contributed by atoms with E-state index in [0.29, 0.717) is 13.0 Å². The molecule has 1 atom stereocenters. The van der Waals surface area contributed by atoms with Crippen molar-refractivity contribution in [3.8, 4) is 0 Å². The molecule has 0 saturated carbocycles. The van der Waals surface area contributed by atoms with Crippen molar-refractivity contribution in [2.24, 2.45) is 0 Å². The topological polar surface area (TPSA) is 49.8 Å². The molecule has 1 aromatic carbocycles. The quantitative estimate of drug-likeness (QED) is 0.903. The molecular formula is C14H18BrNO3. The molecule has 104 valence electrons. The molecule has 1 saturated heterocycles. The van der Waals surface area contributed by atoms with E-state index < -0.39 is 5.97 Å². The van der Waals surface area contributed by atoms with Gasteiger partial charge in [0.05, 0.1) is 12.7 Å². The van der Waals surface area contributed by atoms with Gasteiger partial charge in [-0.2, -0.15) is 0 Å². The summed E-state index contributed by atoms with van der Waals surface area (Å²) in [6, 6.07) is 8.14. The number of nitrogens with zero attached hydrogens (tertiary/aromatic N) is 1. The zero-order chi connectivity index (χ0) is 13.7. The van der Waals surface area contributed by atoms with E-state index in [2.05, 4.69) is 33.0 Å². The van der Waals surface area contributed by atoms with Crippen molar-refractivity contribution in [3.05, 3.63) is 34.3 Å². The van der Waals surface area contributed by atoms with Gasteiger partial charge in [0.15, 0.2) is 0 Å². The van der Waals surface area contributed by atoms with Gasteiger partial charge in [-0.05, 0) is 30.7 Å². The van der Waals surface area contributed by atoms with Gasteiger partial charge >= 0.3 is 5.97 Å². The van der Waals surface area contributed by atoms with Crippen LogP contribution in [0.25, 0.3) is 0 Å². The minimum atomic E-state index is -0.725. The lowest BCUT2D eigenvalue weighted by Crippen LogP contribution is -2.39. The first-order chi connectivity index (χ1) is 9.15. The van der Waals surface area contributed by atoms with Crippen molar-refractivity contribution in [2.75, 3.05) is 26.2 Å². The molecule has 1 aliphatic rings. The van der Waals surface area contributed by atoms with Crippen molar-refractivity contribution in [2.45, 2.75) is 18.9 Å². The molecule has 2 rings (SSSR count). The Morgan fingerprint density at radius 1 is 1.53 bits per heavy atom. The first kappa shape index (κ1) is 14.5. The summed E-state index contributed by atoms with van der Waals surface area (Å²) in [4.78, 5) is 12.8. The Balaban J connectivity index is 1.88. The number of carboxylic acids is 1. The van der Waals surface area contributed by atoms with Crippen LogP contribution in [0.5, 0.6) is 0 Å². The van der Waals surface area contributed by atoms with Crippen LogP contribution >= 0.6 is 15.9 Å². The Morgan fingerprint density at radius 3 is 3.11 bits per heavy atom. The van der Waals surface area contributed by atoms with E-state index in [1.54, 1.807) is 0 Å². The SMILES string of the molecule is O=C(O)CCCN1CCOC(c2cccc(Br)c2)C1. The molecule has 0 spiro atoms. The molecular weight excluding hydrogens is 310 g/mol. The molecule has 1 aromatic rings. The van der Waals surface area contributed by atoms with Gasteiger partial charge in [0, 0.05) is 24.0 Å². The Morgan fingerprint density at radius 2 is 2.37 bits per heavy atom. The van der Waals surface area contributed by atoms with E-state index in [4.69, 9.17) is 9.84 Å². The fraction of sp³-hybridized carbons (Fsp3) is 0.500. The highest BCUT2D eigenvalue weighted by molar-refractivity contribution is 9.10. The standard InChI is InChI=1S/C14H18BrNO3/c15-12-4-1-3-11(9-12)13-10-16(7-8-19-13)6-2-5-14(17)18/h1,3-4,9,13H,2,5-8,10H2,(H,17,18). The van der Waals surface area contributed by atoms with Gasteiger partial charge in [-0.15, -0.1) is 0 Å². The Labute approximate surface area is 121 Å². The van der Waals surface area contributed by atoms with Gasteiger partial charge in [0.25, 0.3) is 0 Å². The number of carbonyl (C=O) groups is 1. The summed E-state index contributed by atoms with van der Waals surface area (Å²) in [6.45, 7) is 3.23. The fourth-order valence-corrected chi connectivity index (χ4v) is 2.68. The number of rotatable bonds is 5. The van der Waals surface area contributed by atoms with Crippen LogP contribution < -0.4 is 0 Å². The third-order valence-corrected chi connectivity index (χ3v) is 3.73. The lowest BCUT2D eigenvalue weighted by Gasteiger charge is -2.33. The Hall–Kier alpha value is -0.910. The third-order valence-electron chi connectivity index (χ3n) is 3.24. The molecule has 19 heavy (non-hydrogen) atoms. The molecule has 1 unspecified atom stereocenters. The van der Waals surface area contributed by atoms with Gasteiger partial charge in [-0.25, -0.2) is 0 Å². The summed E-state index contributed by atoms with van der Waals surface area (Å²) in [5.41, 5.74) is 1.16. The molecule has 0 aromatic heterocycles. The van der Waals surface area contributed by atoms with E-state index in [-0.39, 0.29) is 12.5 Å². The number of aliphatic carboxylic acids is 1. The zero-order valence-corrected chi connectivity index (χ0v) is 12.3. The highest BCUT2D eigenvalue weighted by Gasteiger charge is 2.21. The predicted octanol–water partition coefficient (Wildman–Crippen LogP) is 2.69. The average molecular weight is 328 g/mol. The number of halogens is 1. The molecule has 1 heterocycles. The second-order valence-corrected chi connectivity index (χ2v) is 5.63. The lowest BCUT2D eigenvalue weighted by atomic mass is 10.1. The summed E-state index contributed by atoms with van der Waals surface area (Å²) in [5, 5.41) is 8.66. The molecule has 0 radical (unpaired) electrons. The van der Waals surface area contributed by atoms with Crippen LogP contribution in [-0.2, 0) is 9.53 Å². The Bertz CT molecular complexity index is 438. The van der Waals surface area contributed by atoms with Crippen LogP contribution in [0.4, 0.5) is 0 Å². The van der Waals surface area contributed by atoms with E-state index in [0.717, 1.165) is 29.7 Å². The van der Waals surface area contributed by atoms with E-state index in [1.807, 2.05) is 12.1 Å². The van der Waals surface area contributed by atoms with E-state index in [1.165, 1.54) is 0 Å². The van der Waals surface area contributed by atoms with Crippen LogP contribution in [0.2, 0.25) is 0 Å². The van der Waals surface area contributed by atoms with Crippen molar-refractivity contribution < 1.29 is 14.6 Å². The Kier molecular flexibility index (Phi) is 5.36. The lowest BCUT2D eigenvalue weighted by molar-refractivity contribution is -0.137. The molecule has 0 aliphatic carbocycles. The van der Waals surface area contributed by atoms with Crippen molar-refractivity contribution in [3.63, 3.8) is 0 Å². The second kappa shape index (κ2) is 7.03. The summed E-state index contributed by atoms with van der Waals surface area (Å²) in [7, 11) is 0. The third kappa shape index (κ3) is 4.60. The van der Waals surface area contributed by atoms with Crippen LogP contribution in [0.3, 0.4) is 0 Å². The molecule has 5 heteroatoms. The first-order valence-electron chi connectivity index (χ1n) is 6.46. The van der Waals surface area contributed by atoms with Crippen LogP contribution in [0.15, 0.2) is 28.7 Å². The number of carboxylic acid groups (broad SMARTS) is 1. The van der Waals surface area contributed by atoms with Crippen LogP contribution in [0, 0.1) is 0 Å². The number of ether oxygens (including phenoxy) is 1. The molecule has 1 aliphatic heterocycles. The zero-order valence-electron chi connectivity index (χ0n) is 10.7. The largest absolute Gasteiger partial charge is 0.481 e. The van der Waals surface area contributed by atoms with Crippen molar-refractivity contribution >= 4 is 21.9 Å². The maximum atomic E-state index is 10.5. The molecule has 0 amide bonds. The predicted molar refractivity (Wildman–Crippen MR) is 76.1 cm³/mol. The smallest absolute Gasteiger partial charge is 0.303 e. The summed E-state index contributed by atoms with van der Waals surface area (Å²) in [5.74, 6) is -0.725. The summed E-state index contributed by atoms with van der Waals surface area (Å²) >= 11 is 3.47. The van der Waals surface area contributed by atoms with Crippen molar-refractivity contribution in [1.82, 2.24) is 4.90 Å². The first-order valence-corrected chi connectivity index (χ1v) is 7.25. The molecule has 1 fully saturated rings. The monoisotopic (exact) mass is 327 g/mol.